The second kappa shape index (κ2) is 4.23. The zero-order valence-electron chi connectivity index (χ0n) is 10.1. The Hall–Kier alpha value is -2.20. The van der Waals surface area contributed by atoms with E-state index in [0.717, 1.165) is 22.6 Å². The average molecular weight is 238 g/mol. The van der Waals surface area contributed by atoms with Crippen molar-refractivity contribution in [2.45, 2.75) is 13.5 Å². The summed E-state index contributed by atoms with van der Waals surface area (Å²) in [5.41, 5.74) is 10.5. The normalized spacial score (nSPS) is 11.0. The molecular formula is C14H14N4. The second-order valence-corrected chi connectivity index (χ2v) is 4.32. The molecule has 0 aliphatic rings. The molecule has 3 aromatic rings. The van der Waals surface area contributed by atoms with E-state index in [1.807, 2.05) is 0 Å². The van der Waals surface area contributed by atoms with Crippen LogP contribution in [0.3, 0.4) is 0 Å². The number of nitrogens with two attached hydrogens (primary N) is 1. The van der Waals surface area contributed by atoms with E-state index < -0.39 is 0 Å². The van der Waals surface area contributed by atoms with Crippen LogP contribution >= 0.6 is 0 Å². The summed E-state index contributed by atoms with van der Waals surface area (Å²) in [5.74, 6) is 0. The summed E-state index contributed by atoms with van der Waals surface area (Å²) >= 11 is 0. The molecule has 2 aromatic heterocycles. The summed E-state index contributed by atoms with van der Waals surface area (Å²) in [4.78, 5) is 12.0. The van der Waals surface area contributed by atoms with Gasteiger partial charge in [0.1, 0.15) is 5.69 Å². The maximum absolute atomic E-state index is 5.51. The molecule has 0 atom stereocenters. The Morgan fingerprint density at radius 3 is 2.78 bits per heavy atom. The first-order valence-corrected chi connectivity index (χ1v) is 5.87. The van der Waals surface area contributed by atoms with Gasteiger partial charge in [0.15, 0.2) is 0 Å². The van der Waals surface area contributed by atoms with Gasteiger partial charge in [-0.05, 0) is 18.6 Å². The number of para-hydroxylation sites is 1. The summed E-state index contributed by atoms with van der Waals surface area (Å²) in [6.07, 6.45) is 3.47. The van der Waals surface area contributed by atoms with Crippen LogP contribution in [0.2, 0.25) is 0 Å². The van der Waals surface area contributed by atoms with Crippen molar-refractivity contribution >= 4 is 10.9 Å². The number of nitrogens with zero attached hydrogens (tertiary/aromatic N) is 2. The lowest BCUT2D eigenvalue weighted by Gasteiger charge is -1.98. The first-order valence-electron chi connectivity index (χ1n) is 5.87. The van der Waals surface area contributed by atoms with Gasteiger partial charge in [-0.3, -0.25) is 9.97 Å². The molecule has 4 heteroatoms. The molecular weight excluding hydrogens is 224 g/mol. The SMILES string of the molecule is Cc1cccc2cc(-c3cnc(CN)cn3)[nH]c12. The highest BCUT2D eigenvalue weighted by molar-refractivity contribution is 5.87. The highest BCUT2D eigenvalue weighted by atomic mass is 14.8. The van der Waals surface area contributed by atoms with E-state index in [1.54, 1.807) is 12.4 Å². The number of aromatic amines is 1. The van der Waals surface area contributed by atoms with Crippen molar-refractivity contribution in [3.05, 3.63) is 47.9 Å². The Balaban J connectivity index is 2.10. The predicted molar refractivity (Wildman–Crippen MR) is 72.0 cm³/mol. The fourth-order valence-corrected chi connectivity index (χ4v) is 2.04. The van der Waals surface area contributed by atoms with Gasteiger partial charge < -0.3 is 10.7 Å². The third kappa shape index (κ3) is 1.76. The molecule has 0 spiro atoms. The van der Waals surface area contributed by atoms with E-state index in [-0.39, 0.29) is 0 Å². The molecule has 0 unspecified atom stereocenters. The summed E-state index contributed by atoms with van der Waals surface area (Å²) < 4.78 is 0. The Labute approximate surface area is 105 Å². The third-order valence-electron chi connectivity index (χ3n) is 3.05. The zero-order chi connectivity index (χ0) is 12.5. The smallest absolute Gasteiger partial charge is 0.105 e. The number of H-pyrrole nitrogens is 1. The van der Waals surface area contributed by atoms with Gasteiger partial charge in [-0.2, -0.15) is 0 Å². The molecule has 1 aromatic carbocycles. The van der Waals surface area contributed by atoms with Crippen LogP contribution in [0, 0.1) is 6.92 Å². The van der Waals surface area contributed by atoms with E-state index in [1.165, 1.54) is 10.9 Å². The van der Waals surface area contributed by atoms with Crippen LogP contribution in [-0.2, 0) is 6.54 Å². The maximum atomic E-state index is 5.51. The quantitative estimate of drug-likeness (QED) is 0.720. The molecule has 0 saturated heterocycles. The fourth-order valence-electron chi connectivity index (χ4n) is 2.04. The van der Waals surface area contributed by atoms with Gasteiger partial charge >= 0.3 is 0 Å². The topological polar surface area (TPSA) is 67.6 Å². The number of aryl methyl sites for hydroxylation is 1. The van der Waals surface area contributed by atoms with E-state index >= 15 is 0 Å². The lowest BCUT2D eigenvalue weighted by Crippen LogP contribution is -2.00. The lowest BCUT2D eigenvalue weighted by molar-refractivity contribution is 0.965. The van der Waals surface area contributed by atoms with Gasteiger partial charge in [-0.1, -0.05) is 18.2 Å². The third-order valence-corrected chi connectivity index (χ3v) is 3.05. The van der Waals surface area contributed by atoms with Crippen LogP contribution in [0.15, 0.2) is 36.7 Å². The highest BCUT2D eigenvalue weighted by Gasteiger charge is 2.06. The van der Waals surface area contributed by atoms with Crippen molar-refractivity contribution in [3.63, 3.8) is 0 Å². The van der Waals surface area contributed by atoms with E-state index in [0.29, 0.717) is 6.54 Å². The Morgan fingerprint density at radius 2 is 2.11 bits per heavy atom. The number of aromatic nitrogens is 3. The predicted octanol–water partition coefficient (Wildman–Crippen LogP) is 2.39. The van der Waals surface area contributed by atoms with Crippen molar-refractivity contribution in [2.24, 2.45) is 5.73 Å². The van der Waals surface area contributed by atoms with Gasteiger partial charge in [0.25, 0.3) is 0 Å². The Kier molecular flexibility index (Phi) is 2.57. The summed E-state index contributed by atoms with van der Waals surface area (Å²) in [5, 5.41) is 1.19. The van der Waals surface area contributed by atoms with Gasteiger partial charge in [0, 0.05) is 17.4 Å². The molecule has 3 N–H and O–H groups in total. The number of benzene rings is 1. The fraction of sp³-hybridized carbons (Fsp3) is 0.143. The number of hydrogen-bond acceptors (Lipinski definition) is 3. The molecule has 0 amide bonds. The molecule has 0 radical (unpaired) electrons. The minimum absolute atomic E-state index is 0.416. The van der Waals surface area contributed by atoms with E-state index in [4.69, 9.17) is 5.73 Å². The average Bonchev–Trinajstić information content (AvgIpc) is 2.84. The van der Waals surface area contributed by atoms with Gasteiger partial charge in [-0.25, -0.2) is 0 Å². The van der Waals surface area contributed by atoms with Crippen molar-refractivity contribution in [1.29, 1.82) is 0 Å². The number of rotatable bonds is 2. The van der Waals surface area contributed by atoms with Crippen LogP contribution in [0.1, 0.15) is 11.3 Å². The van der Waals surface area contributed by atoms with Crippen LogP contribution in [0.5, 0.6) is 0 Å². The van der Waals surface area contributed by atoms with Crippen LogP contribution in [-0.4, -0.2) is 15.0 Å². The zero-order valence-corrected chi connectivity index (χ0v) is 10.1. The van der Waals surface area contributed by atoms with E-state index in [9.17, 15) is 0 Å². The molecule has 0 aliphatic carbocycles. The van der Waals surface area contributed by atoms with Gasteiger partial charge in [0.05, 0.1) is 23.8 Å². The summed E-state index contributed by atoms with van der Waals surface area (Å²) in [6, 6.07) is 8.32. The molecule has 18 heavy (non-hydrogen) atoms. The van der Waals surface area contributed by atoms with Crippen LogP contribution in [0.4, 0.5) is 0 Å². The monoisotopic (exact) mass is 238 g/mol. The molecule has 0 saturated carbocycles. The van der Waals surface area contributed by atoms with Crippen molar-refractivity contribution in [2.75, 3.05) is 0 Å². The molecule has 3 rings (SSSR count). The molecule has 0 aliphatic heterocycles. The number of hydrogen-bond donors (Lipinski definition) is 2. The van der Waals surface area contributed by atoms with Crippen molar-refractivity contribution < 1.29 is 0 Å². The Morgan fingerprint density at radius 1 is 1.22 bits per heavy atom. The Bertz CT molecular complexity index is 683. The lowest BCUT2D eigenvalue weighted by atomic mass is 10.2. The summed E-state index contributed by atoms with van der Waals surface area (Å²) in [7, 11) is 0. The number of nitrogens with one attached hydrogen (secondary N) is 1. The highest BCUT2D eigenvalue weighted by Crippen LogP contribution is 2.24. The van der Waals surface area contributed by atoms with Crippen LogP contribution < -0.4 is 5.73 Å². The minimum Gasteiger partial charge on any atom is -0.353 e. The van der Waals surface area contributed by atoms with Crippen molar-refractivity contribution in [1.82, 2.24) is 15.0 Å². The first-order chi connectivity index (χ1) is 8.78. The molecule has 2 heterocycles. The largest absolute Gasteiger partial charge is 0.353 e. The molecule has 0 fully saturated rings. The maximum Gasteiger partial charge on any atom is 0.105 e. The van der Waals surface area contributed by atoms with Gasteiger partial charge in [0.2, 0.25) is 0 Å². The van der Waals surface area contributed by atoms with Crippen LogP contribution in [0.25, 0.3) is 22.3 Å². The minimum atomic E-state index is 0.416. The molecule has 0 bridgehead atoms. The van der Waals surface area contributed by atoms with Crippen molar-refractivity contribution in [3.8, 4) is 11.4 Å². The number of fused-ring (bicyclic) bond motifs is 1. The molecule has 90 valence electrons. The van der Waals surface area contributed by atoms with E-state index in [2.05, 4.69) is 46.1 Å². The first kappa shape index (κ1) is 10.9. The molecule has 4 nitrogen and oxygen atoms in total. The summed E-state index contributed by atoms with van der Waals surface area (Å²) in [6.45, 7) is 2.50. The van der Waals surface area contributed by atoms with Gasteiger partial charge in [-0.15, -0.1) is 0 Å². The standard InChI is InChI=1S/C14H14N4/c1-9-3-2-4-10-5-12(18-14(9)10)13-8-16-11(6-15)7-17-13/h2-5,7-8,18H,6,15H2,1H3. The second-order valence-electron chi connectivity index (χ2n) is 4.32.